The third-order valence-corrected chi connectivity index (χ3v) is 4.04. The van der Waals surface area contributed by atoms with E-state index in [1.807, 2.05) is 6.07 Å². The largest absolute Gasteiger partial charge is 0.380 e. The quantitative estimate of drug-likeness (QED) is 0.803. The first kappa shape index (κ1) is 10.3. The highest BCUT2D eigenvalue weighted by Crippen LogP contribution is 2.38. The molecule has 2 nitrogen and oxygen atoms in total. The Balaban J connectivity index is 1.96. The van der Waals surface area contributed by atoms with Gasteiger partial charge in [0.1, 0.15) is 0 Å². The third kappa shape index (κ3) is 1.65. The van der Waals surface area contributed by atoms with Crippen molar-refractivity contribution >= 4 is 23.0 Å². The summed E-state index contributed by atoms with van der Waals surface area (Å²) in [5, 5.41) is 4.26. The summed E-state index contributed by atoms with van der Waals surface area (Å²) in [6, 6.07) is 6.94. The van der Waals surface area contributed by atoms with E-state index < -0.39 is 0 Å². The van der Waals surface area contributed by atoms with E-state index >= 15 is 0 Å². The first-order chi connectivity index (χ1) is 7.86. The van der Waals surface area contributed by atoms with Gasteiger partial charge in [-0.15, -0.1) is 0 Å². The van der Waals surface area contributed by atoms with Crippen molar-refractivity contribution in [2.75, 3.05) is 23.3 Å². The number of benzene rings is 1. The molecule has 0 unspecified atom stereocenters. The van der Waals surface area contributed by atoms with Crippen LogP contribution in [0.25, 0.3) is 0 Å². The van der Waals surface area contributed by atoms with Gasteiger partial charge in [0.2, 0.25) is 0 Å². The highest BCUT2D eigenvalue weighted by molar-refractivity contribution is 6.34. The van der Waals surface area contributed by atoms with Crippen LogP contribution in [0.4, 0.5) is 11.4 Å². The Kier molecular flexibility index (Phi) is 2.68. The van der Waals surface area contributed by atoms with E-state index in [-0.39, 0.29) is 0 Å². The molecule has 0 aromatic heterocycles. The van der Waals surface area contributed by atoms with E-state index in [1.165, 1.54) is 31.4 Å². The standard InChI is InChI=1S/C13H17ClN2/c14-11-6-3-7-12-13(11)15-8-9-16(12)10-4-1-2-5-10/h3,6-7,10,15H,1-2,4-5,8-9H2. The fraction of sp³-hybridized carbons (Fsp3) is 0.538. The molecule has 1 aliphatic heterocycles. The summed E-state index contributed by atoms with van der Waals surface area (Å²) in [5.74, 6) is 0. The monoisotopic (exact) mass is 236 g/mol. The van der Waals surface area contributed by atoms with Crippen molar-refractivity contribution in [3.05, 3.63) is 23.2 Å². The molecule has 16 heavy (non-hydrogen) atoms. The molecule has 1 saturated carbocycles. The molecule has 2 aliphatic rings. The molecule has 1 heterocycles. The Morgan fingerprint density at radius 2 is 2.06 bits per heavy atom. The normalized spacial score (nSPS) is 20.7. The van der Waals surface area contributed by atoms with Gasteiger partial charge in [-0.2, -0.15) is 0 Å². The highest BCUT2D eigenvalue weighted by atomic mass is 35.5. The maximum Gasteiger partial charge on any atom is 0.0768 e. The number of fused-ring (bicyclic) bond motifs is 1. The minimum atomic E-state index is 0.735. The van der Waals surface area contributed by atoms with Crippen molar-refractivity contribution in [2.45, 2.75) is 31.7 Å². The molecule has 0 radical (unpaired) electrons. The average Bonchev–Trinajstić information content (AvgIpc) is 2.82. The maximum absolute atomic E-state index is 6.23. The summed E-state index contributed by atoms with van der Waals surface area (Å²) >= 11 is 6.23. The smallest absolute Gasteiger partial charge is 0.0768 e. The van der Waals surface area contributed by atoms with Gasteiger partial charge in [-0.25, -0.2) is 0 Å². The number of anilines is 2. The molecule has 0 spiro atoms. The van der Waals surface area contributed by atoms with Gasteiger partial charge < -0.3 is 10.2 Å². The summed E-state index contributed by atoms with van der Waals surface area (Å²) in [4.78, 5) is 2.55. The first-order valence-electron chi connectivity index (χ1n) is 6.15. The fourth-order valence-electron chi connectivity index (χ4n) is 2.94. The zero-order valence-corrected chi connectivity index (χ0v) is 10.1. The lowest BCUT2D eigenvalue weighted by Crippen LogP contribution is -2.40. The van der Waals surface area contributed by atoms with E-state index in [0.717, 1.165) is 29.8 Å². The second kappa shape index (κ2) is 4.17. The molecule has 3 rings (SSSR count). The van der Waals surface area contributed by atoms with Crippen LogP contribution in [0.2, 0.25) is 5.02 Å². The number of hydrogen-bond donors (Lipinski definition) is 1. The van der Waals surface area contributed by atoms with Crippen LogP contribution in [0.15, 0.2) is 18.2 Å². The second-order valence-electron chi connectivity index (χ2n) is 4.69. The van der Waals surface area contributed by atoms with Crippen molar-refractivity contribution < 1.29 is 0 Å². The molecule has 3 heteroatoms. The molecule has 0 bridgehead atoms. The third-order valence-electron chi connectivity index (χ3n) is 3.72. The van der Waals surface area contributed by atoms with Crippen molar-refractivity contribution in [2.24, 2.45) is 0 Å². The Bertz CT molecular complexity index is 386. The van der Waals surface area contributed by atoms with Crippen LogP contribution in [0, 0.1) is 0 Å². The lowest BCUT2D eigenvalue weighted by atomic mass is 10.1. The molecule has 0 saturated heterocycles. The molecule has 1 aliphatic carbocycles. The van der Waals surface area contributed by atoms with Crippen LogP contribution in [-0.2, 0) is 0 Å². The molecule has 0 amide bonds. The SMILES string of the molecule is Clc1cccc2c1NCCN2C1CCCC1. The van der Waals surface area contributed by atoms with Gasteiger partial charge >= 0.3 is 0 Å². The van der Waals surface area contributed by atoms with Gasteiger partial charge in [0, 0.05) is 19.1 Å². The molecular weight excluding hydrogens is 220 g/mol. The Morgan fingerprint density at radius 3 is 2.88 bits per heavy atom. The number of para-hydroxylation sites is 1. The Morgan fingerprint density at radius 1 is 1.25 bits per heavy atom. The molecule has 1 aromatic rings. The lowest BCUT2D eigenvalue weighted by molar-refractivity contribution is 0.606. The maximum atomic E-state index is 6.23. The van der Waals surface area contributed by atoms with E-state index in [2.05, 4.69) is 22.3 Å². The van der Waals surface area contributed by atoms with Crippen LogP contribution in [0.1, 0.15) is 25.7 Å². The molecular formula is C13H17ClN2. The van der Waals surface area contributed by atoms with Crippen LogP contribution < -0.4 is 10.2 Å². The first-order valence-corrected chi connectivity index (χ1v) is 6.53. The van der Waals surface area contributed by atoms with Crippen molar-refractivity contribution in [3.8, 4) is 0 Å². The van der Waals surface area contributed by atoms with Crippen molar-refractivity contribution in [1.82, 2.24) is 0 Å². The van der Waals surface area contributed by atoms with Crippen LogP contribution in [0.5, 0.6) is 0 Å². The van der Waals surface area contributed by atoms with Crippen LogP contribution in [-0.4, -0.2) is 19.1 Å². The summed E-state index contributed by atoms with van der Waals surface area (Å²) < 4.78 is 0. The molecule has 1 aromatic carbocycles. The Labute approximate surface area is 102 Å². The molecule has 1 fully saturated rings. The summed E-state index contributed by atoms with van der Waals surface area (Å²) in [6.07, 6.45) is 5.44. The minimum absolute atomic E-state index is 0.735. The molecule has 86 valence electrons. The predicted octanol–water partition coefficient (Wildman–Crippen LogP) is 3.51. The highest BCUT2D eigenvalue weighted by Gasteiger charge is 2.27. The summed E-state index contributed by atoms with van der Waals surface area (Å²) in [5.41, 5.74) is 2.42. The van der Waals surface area contributed by atoms with E-state index in [0.29, 0.717) is 0 Å². The van der Waals surface area contributed by atoms with Crippen molar-refractivity contribution in [1.29, 1.82) is 0 Å². The molecule has 0 atom stereocenters. The van der Waals surface area contributed by atoms with Crippen LogP contribution >= 0.6 is 11.6 Å². The number of hydrogen-bond acceptors (Lipinski definition) is 2. The van der Waals surface area contributed by atoms with E-state index in [4.69, 9.17) is 11.6 Å². The van der Waals surface area contributed by atoms with Gasteiger partial charge in [-0.1, -0.05) is 30.5 Å². The molecule has 1 N–H and O–H groups in total. The summed E-state index contributed by atoms with van der Waals surface area (Å²) in [7, 11) is 0. The Hall–Kier alpha value is -0.890. The van der Waals surface area contributed by atoms with Gasteiger partial charge in [0.05, 0.1) is 16.4 Å². The zero-order chi connectivity index (χ0) is 11.0. The zero-order valence-electron chi connectivity index (χ0n) is 9.38. The lowest BCUT2D eigenvalue weighted by Gasteiger charge is -2.37. The average molecular weight is 237 g/mol. The van der Waals surface area contributed by atoms with Gasteiger partial charge in [-0.3, -0.25) is 0 Å². The van der Waals surface area contributed by atoms with E-state index in [1.54, 1.807) is 0 Å². The summed E-state index contributed by atoms with van der Waals surface area (Å²) in [6.45, 7) is 2.12. The van der Waals surface area contributed by atoms with Gasteiger partial charge in [0.25, 0.3) is 0 Å². The number of halogens is 1. The topological polar surface area (TPSA) is 15.3 Å². The second-order valence-corrected chi connectivity index (χ2v) is 5.10. The number of nitrogens with one attached hydrogen (secondary N) is 1. The number of nitrogens with zero attached hydrogens (tertiary/aromatic N) is 1. The van der Waals surface area contributed by atoms with Gasteiger partial charge in [-0.05, 0) is 25.0 Å². The van der Waals surface area contributed by atoms with E-state index in [9.17, 15) is 0 Å². The van der Waals surface area contributed by atoms with Gasteiger partial charge in [0.15, 0.2) is 0 Å². The predicted molar refractivity (Wildman–Crippen MR) is 69.5 cm³/mol. The van der Waals surface area contributed by atoms with Crippen LogP contribution in [0.3, 0.4) is 0 Å². The fourth-order valence-corrected chi connectivity index (χ4v) is 3.18. The minimum Gasteiger partial charge on any atom is -0.380 e. The van der Waals surface area contributed by atoms with Crippen molar-refractivity contribution in [3.63, 3.8) is 0 Å². The number of rotatable bonds is 1.